The van der Waals surface area contributed by atoms with E-state index in [2.05, 4.69) is 15.5 Å². The first kappa shape index (κ1) is 18.4. The van der Waals surface area contributed by atoms with Gasteiger partial charge in [0.1, 0.15) is 18.0 Å². The fourth-order valence-electron chi connectivity index (χ4n) is 2.80. The van der Waals surface area contributed by atoms with E-state index in [1.165, 1.54) is 0 Å². The number of rotatable bonds is 6. The van der Waals surface area contributed by atoms with E-state index in [1.54, 1.807) is 24.3 Å². The third kappa shape index (κ3) is 4.29. The number of aromatic nitrogens is 2. The van der Waals surface area contributed by atoms with Crippen LogP contribution in [0.4, 0.5) is 6.01 Å². The molecule has 0 saturated carbocycles. The van der Waals surface area contributed by atoms with E-state index in [9.17, 15) is 14.4 Å². The minimum Gasteiger partial charge on any atom is -0.457 e. The van der Waals surface area contributed by atoms with Crippen molar-refractivity contribution in [3.8, 4) is 11.5 Å². The fraction of sp³-hybridized carbons (Fsp3) is 0.150. The Morgan fingerprint density at radius 3 is 2.48 bits per heavy atom. The first-order valence-corrected chi connectivity index (χ1v) is 8.88. The summed E-state index contributed by atoms with van der Waals surface area (Å²) in [5.41, 5.74) is 0.336. The summed E-state index contributed by atoms with van der Waals surface area (Å²) in [7, 11) is 0. The van der Waals surface area contributed by atoms with Crippen LogP contribution in [0, 0.1) is 0 Å². The molecule has 1 fully saturated rings. The number of benzene rings is 2. The average Bonchev–Trinajstić information content (AvgIpc) is 3.30. The van der Waals surface area contributed by atoms with Gasteiger partial charge in [-0.05, 0) is 30.3 Å². The third-order valence-corrected chi connectivity index (χ3v) is 4.21. The number of ether oxygens (including phenoxy) is 1. The van der Waals surface area contributed by atoms with Gasteiger partial charge in [-0.25, -0.2) is 0 Å². The van der Waals surface area contributed by atoms with E-state index in [1.807, 2.05) is 30.3 Å². The Morgan fingerprint density at radius 1 is 1.00 bits per heavy atom. The number of hydrogen-bond acceptors (Lipinski definition) is 7. The van der Waals surface area contributed by atoms with Crippen LogP contribution in [0.2, 0.25) is 0 Å². The molecule has 0 unspecified atom stereocenters. The largest absolute Gasteiger partial charge is 0.457 e. The van der Waals surface area contributed by atoms with Crippen LogP contribution in [-0.4, -0.2) is 32.8 Å². The first-order valence-electron chi connectivity index (χ1n) is 8.88. The molecule has 0 aliphatic carbocycles. The molecule has 1 aromatic heterocycles. The number of nitrogens with one attached hydrogen (secondary N) is 1. The lowest BCUT2D eigenvalue weighted by atomic mass is 10.2. The lowest BCUT2D eigenvalue weighted by Crippen LogP contribution is -2.28. The van der Waals surface area contributed by atoms with Gasteiger partial charge < -0.3 is 9.15 Å². The average molecular weight is 392 g/mol. The van der Waals surface area contributed by atoms with Crippen molar-refractivity contribution in [1.29, 1.82) is 0 Å². The van der Waals surface area contributed by atoms with Gasteiger partial charge in [-0.15, -0.1) is 5.10 Å². The first-order chi connectivity index (χ1) is 14.1. The maximum Gasteiger partial charge on any atom is 0.322 e. The maximum atomic E-state index is 12.5. The van der Waals surface area contributed by atoms with Gasteiger partial charge in [-0.3, -0.25) is 24.6 Å². The van der Waals surface area contributed by atoms with Crippen molar-refractivity contribution < 1.29 is 23.5 Å². The number of para-hydroxylation sites is 1. The van der Waals surface area contributed by atoms with Crippen molar-refractivity contribution in [1.82, 2.24) is 15.1 Å². The summed E-state index contributed by atoms with van der Waals surface area (Å²) in [6, 6.07) is 15.7. The van der Waals surface area contributed by atoms with E-state index in [-0.39, 0.29) is 43.1 Å². The predicted molar refractivity (Wildman–Crippen MR) is 100 cm³/mol. The second kappa shape index (κ2) is 7.93. The quantitative estimate of drug-likeness (QED) is 0.642. The van der Waals surface area contributed by atoms with E-state index in [0.29, 0.717) is 17.1 Å². The molecule has 29 heavy (non-hydrogen) atoms. The minimum absolute atomic E-state index is 0.0602. The molecule has 1 N–H and O–H groups in total. The molecule has 4 rings (SSSR count). The topological polar surface area (TPSA) is 115 Å². The predicted octanol–water partition coefficient (Wildman–Crippen LogP) is 2.76. The van der Waals surface area contributed by atoms with Crippen molar-refractivity contribution in [3.05, 3.63) is 66.1 Å². The van der Waals surface area contributed by atoms with Crippen LogP contribution in [0.3, 0.4) is 0 Å². The molecule has 1 aliphatic rings. The van der Waals surface area contributed by atoms with Crippen molar-refractivity contribution in [3.63, 3.8) is 0 Å². The number of amides is 3. The van der Waals surface area contributed by atoms with E-state index < -0.39 is 5.91 Å². The highest BCUT2D eigenvalue weighted by Crippen LogP contribution is 2.22. The molecule has 0 atom stereocenters. The molecule has 0 bridgehead atoms. The monoisotopic (exact) mass is 392 g/mol. The van der Waals surface area contributed by atoms with Gasteiger partial charge in [0.2, 0.25) is 17.7 Å². The molecule has 3 aromatic rings. The summed E-state index contributed by atoms with van der Waals surface area (Å²) in [4.78, 5) is 36.8. The smallest absolute Gasteiger partial charge is 0.322 e. The minimum atomic E-state index is -0.466. The third-order valence-electron chi connectivity index (χ3n) is 4.21. The molecule has 146 valence electrons. The molecule has 2 heterocycles. The molecule has 9 nitrogen and oxygen atoms in total. The molecule has 3 amide bonds. The highest BCUT2D eigenvalue weighted by molar-refractivity contribution is 6.03. The van der Waals surface area contributed by atoms with Crippen LogP contribution in [0.1, 0.15) is 29.1 Å². The number of nitrogens with zero attached hydrogens (tertiary/aromatic N) is 3. The number of likely N-dealkylation sites (tertiary alicyclic amines) is 1. The molecule has 0 radical (unpaired) electrons. The van der Waals surface area contributed by atoms with Crippen LogP contribution in [0.15, 0.2) is 59.0 Å². The Kier molecular flexibility index (Phi) is 5.02. The number of carbonyl (C=O) groups is 3. The molecule has 2 aromatic carbocycles. The Labute approximate surface area is 165 Å². The van der Waals surface area contributed by atoms with Crippen molar-refractivity contribution >= 4 is 23.7 Å². The van der Waals surface area contributed by atoms with Crippen molar-refractivity contribution in [2.75, 3.05) is 5.32 Å². The normalized spacial score (nSPS) is 13.6. The van der Waals surface area contributed by atoms with Gasteiger partial charge in [0, 0.05) is 18.4 Å². The fourth-order valence-corrected chi connectivity index (χ4v) is 2.80. The van der Waals surface area contributed by atoms with Crippen LogP contribution < -0.4 is 10.1 Å². The molecule has 1 aliphatic heterocycles. The molecular formula is C20H16N4O5. The van der Waals surface area contributed by atoms with Gasteiger partial charge in [0.25, 0.3) is 5.91 Å². The van der Waals surface area contributed by atoms with Crippen molar-refractivity contribution in [2.24, 2.45) is 0 Å². The molecule has 1 saturated heterocycles. The second-order valence-corrected chi connectivity index (χ2v) is 6.27. The zero-order valence-corrected chi connectivity index (χ0v) is 15.2. The van der Waals surface area contributed by atoms with Crippen LogP contribution in [-0.2, 0) is 16.1 Å². The van der Waals surface area contributed by atoms with Crippen LogP contribution in [0.25, 0.3) is 0 Å². The van der Waals surface area contributed by atoms with Crippen LogP contribution in [0.5, 0.6) is 11.5 Å². The van der Waals surface area contributed by atoms with E-state index in [0.717, 1.165) is 4.90 Å². The summed E-state index contributed by atoms with van der Waals surface area (Å²) in [5, 5.41) is 10.00. The highest BCUT2D eigenvalue weighted by atomic mass is 16.5. The number of hydrogen-bond donors (Lipinski definition) is 1. The van der Waals surface area contributed by atoms with Gasteiger partial charge in [0.05, 0.1) is 0 Å². The van der Waals surface area contributed by atoms with Crippen LogP contribution >= 0.6 is 0 Å². The second-order valence-electron chi connectivity index (χ2n) is 6.27. The Hall–Kier alpha value is -4.01. The van der Waals surface area contributed by atoms with Crippen molar-refractivity contribution in [2.45, 2.75) is 19.4 Å². The SMILES string of the molecule is O=C(Nc1nnc(CN2C(=O)CCC2=O)o1)c1cccc(Oc2ccccc2)c1. The number of imide groups is 1. The molecule has 9 heteroatoms. The standard InChI is InChI=1S/C20H16N4O5/c25-17-9-10-18(26)24(17)12-16-22-23-20(29-16)21-19(27)13-5-4-8-15(11-13)28-14-6-2-1-3-7-14/h1-8,11H,9-10,12H2,(H,21,23,27). The number of anilines is 1. The molecular weight excluding hydrogens is 376 g/mol. The van der Waals surface area contributed by atoms with Gasteiger partial charge >= 0.3 is 6.01 Å². The Balaban J connectivity index is 1.41. The van der Waals surface area contributed by atoms with Gasteiger partial charge in [0.15, 0.2) is 0 Å². The summed E-state index contributed by atoms with van der Waals surface area (Å²) in [5.74, 6) is 0.180. The summed E-state index contributed by atoms with van der Waals surface area (Å²) in [6.45, 7) is -0.110. The van der Waals surface area contributed by atoms with E-state index >= 15 is 0 Å². The zero-order valence-electron chi connectivity index (χ0n) is 15.2. The van der Waals surface area contributed by atoms with Gasteiger partial charge in [-0.1, -0.05) is 29.4 Å². The lowest BCUT2D eigenvalue weighted by Gasteiger charge is -2.09. The van der Waals surface area contributed by atoms with Gasteiger partial charge in [-0.2, -0.15) is 0 Å². The Bertz CT molecular complexity index is 1050. The van der Waals surface area contributed by atoms with E-state index in [4.69, 9.17) is 9.15 Å². The summed E-state index contributed by atoms with van der Waals surface area (Å²) < 4.78 is 11.0. The summed E-state index contributed by atoms with van der Waals surface area (Å²) in [6.07, 6.45) is 0.357. The summed E-state index contributed by atoms with van der Waals surface area (Å²) >= 11 is 0. The zero-order chi connectivity index (χ0) is 20.2. The maximum absolute atomic E-state index is 12.5. The lowest BCUT2D eigenvalue weighted by molar-refractivity contribution is -0.139. The highest BCUT2D eigenvalue weighted by Gasteiger charge is 2.30. The molecule has 0 spiro atoms. The Morgan fingerprint density at radius 2 is 1.72 bits per heavy atom. The number of carbonyl (C=O) groups excluding carboxylic acids is 3.